The van der Waals surface area contributed by atoms with Gasteiger partial charge in [-0.25, -0.2) is 0 Å². The van der Waals surface area contributed by atoms with E-state index in [-0.39, 0.29) is 0 Å². The summed E-state index contributed by atoms with van der Waals surface area (Å²) in [6.45, 7) is 0. The number of benzene rings is 2. The van der Waals surface area contributed by atoms with Crippen LogP contribution in [0.3, 0.4) is 0 Å². The largest absolute Gasteiger partial charge is 0.496 e. The Hall–Kier alpha value is -1.67. The van der Waals surface area contributed by atoms with Gasteiger partial charge in [0.25, 0.3) is 0 Å². The second-order valence-electron chi connectivity index (χ2n) is 4.23. The van der Waals surface area contributed by atoms with E-state index in [1.165, 1.54) is 0 Å². The summed E-state index contributed by atoms with van der Waals surface area (Å²) < 4.78 is 5.41. The first-order valence-electron chi connectivity index (χ1n) is 5.74. The molecule has 0 aliphatic carbocycles. The lowest BCUT2D eigenvalue weighted by Crippen LogP contribution is -2.10. The number of ether oxygens (including phenoxy) is 1. The molecule has 0 saturated heterocycles. The molecule has 0 saturated carbocycles. The van der Waals surface area contributed by atoms with Crippen molar-refractivity contribution in [3.63, 3.8) is 0 Å². The highest BCUT2D eigenvalue weighted by Gasteiger charge is 2.14. The standard InChI is InChI=1S/C15H16ClNO/c1-17(2)13-9-6-8-12(16)15(13)11-7-4-5-10-14(11)18-3/h4-10H,1-3H3. The molecule has 0 aliphatic heterocycles. The van der Waals surface area contributed by atoms with E-state index in [1.807, 2.05) is 61.5 Å². The molecule has 0 atom stereocenters. The van der Waals surface area contributed by atoms with Crippen LogP contribution in [0.15, 0.2) is 42.5 Å². The number of rotatable bonds is 3. The molecule has 0 radical (unpaired) electrons. The van der Waals surface area contributed by atoms with Crippen molar-refractivity contribution in [1.82, 2.24) is 0 Å². The molecule has 0 heterocycles. The molecule has 2 rings (SSSR count). The molecule has 0 spiro atoms. The molecule has 18 heavy (non-hydrogen) atoms. The van der Waals surface area contributed by atoms with Crippen LogP contribution < -0.4 is 9.64 Å². The molecule has 0 bridgehead atoms. The van der Waals surface area contributed by atoms with E-state index < -0.39 is 0 Å². The fraction of sp³-hybridized carbons (Fsp3) is 0.200. The Balaban J connectivity index is 2.70. The van der Waals surface area contributed by atoms with Crippen molar-refractivity contribution < 1.29 is 4.74 Å². The van der Waals surface area contributed by atoms with Crippen molar-refractivity contribution in [1.29, 1.82) is 0 Å². The van der Waals surface area contributed by atoms with Gasteiger partial charge < -0.3 is 9.64 Å². The van der Waals surface area contributed by atoms with Gasteiger partial charge in [0.05, 0.1) is 12.1 Å². The first-order valence-corrected chi connectivity index (χ1v) is 6.12. The zero-order chi connectivity index (χ0) is 13.1. The molecule has 0 N–H and O–H groups in total. The molecule has 3 heteroatoms. The molecular weight excluding hydrogens is 246 g/mol. The lowest BCUT2D eigenvalue weighted by Gasteiger charge is -2.20. The predicted octanol–water partition coefficient (Wildman–Crippen LogP) is 4.08. The van der Waals surface area contributed by atoms with Crippen LogP contribution in [0.2, 0.25) is 5.02 Å². The number of hydrogen-bond acceptors (Lipinski definition) is 2. The Morgan fingerprint density at radius 2 is 1.72 bits per heavy atom. The van der Waals surface area contributed by atoms with E-state index in [9.17, 15) is 0 Å². The monoisotopic (exact) mass is 261 g/mol. The quantitative estimate of drug-likeness (QED) is 0.825. The molecule has 2 nitrogen and oxygen atoms in total. The summed E-state index contributed by atoms with van der Waals surface area (Å²) in [5, 5.41) is 0.728. The Bertz CT molecular complexity index is 552. The first-order chi connectivity index (χ1) is 8.65. The van der Waals surface area contributed by atoms with Crippen LogP contribution in [0, 0.1) is 0 Å². The Morgan fingerprint density at radius 3 is 2.39 bits per heavy atom. The third kappa shape index (κ3) is 2.29. The maximum atomic E-state index is 6.35. The highest BCUT2D eigenvalue weighted by Crippen LogP contribution is 2.40. The van der Waals surface area contributed by atoms with Gasteiger partial charge in [0.2, 0.25) is 0 Å². The third-order valence-corrected chi connectivity index (χ3v) is 3.16. The van der Waals surface area contributed by atoms with Gasteiger partial charge >= 0.3 is 0 Å². The minimum Gasteiger partial charge on any atom is -0.496 e. The minimum absolute atomic E-state index is 0.728. The Morgan fingerprint density at radius 1 is 1.00 bits per heavy atom. The third-order valence-electron chi connectivity index (χ3n) is 2.85. The highest BCUT2D eigenvalue weighted by atomic mass is 35.5. The van der Waals surface area contributed by atoms with Crippen LogP contribution >= 0.6 is 11.6 Å². The zero-order valence-electron chi connectivity index (χ0n) is 10.8. The second-order valence-corrected chi connectivity index (χ2v) is 4.64. The molecule has 0 unspecified atom stereocenters. The number of halogens is 1. The van der Waals surface area contributed by atoms with E-state index in [1.54, 1.807) is 7.11 Å². The van der Waals surface area contributed by atoms with Gasteiger partial charge in [0, 0.05) is 30.9 Å². The lowest BCUT2D eigenvalue weighted by molar-refractivity contribution is 0.416. The molecule has 2 aromatic carbocycles. The number of methoxy groups -OCH3 is 1. The van der Waals surface area contributed by atoms with Crippen molar-refractivity contribution in [3.05, 3.63) is 47.5 Å². The Kier molecular flexibility index (Phi) is 3.78. The van der Waals surface area contributed by atoms with E-state index >= 15 is 0 Å². The minimum atomic E-state index is 0.728. The fourth-order valence-electron chi connectivity index (χ4n) is 2.00. The molecule has 2 aromatic rings. The van der Waals surface area contributed by atoms with Crippen molar-refractivity contribution in [2.75, 3.05) is 26.1 Å². The van der Waals surface area contributed by atoms with Crippen molar-refractivity contribution in [2.45, 2.75) is 0 Å². The topological polar surface area (TPSA) is 12.5 Å². The number of nitrogens with zero attached hydrogens (tertiary/aromatic N) is 1. The SMILES string of the molecule is COc1ccccc1-c1c(Cl)cccc1N(C)C. The molecule has 0 aliphatic rings. The molecule has 0 fully saturated rings. The summed E-state index contributed by atoms with van der Waals surface area (Å²) >= 11 is 6.35. The van der Waals surface area contributed by atoms with Gasteiger partial charge in [0.1, 0.15) is 5.75 Å². The summed E-state index contributed by atoms with van der Waals surface area (Å²) in [5.74, 6) is 0.828. The van der Waals surface area contributed by atoms with Gasteiger partial charge in [-0.05, 0) is 18.2 Å². The first kappa shape index (κ1) is 12.8. The smallest absolute Gasteiger partial charge is 0.126 e. The van der Waals surface area contributed by atoms with Crippen LogP contribution in [-0.4, -0.2) is 21.2 Å². The molecular formula is C15H16ClNO. The van der Waals surface area contributed by atoms with E-state index in [0.29, 0.717) is 0 Å². The van der Waals surface area contributed by atoms with Gasteiger partial charge in [0.15, 0.2) is 0 Å². The lowest BCUT2D eigenvalue weighted by atomic mass is 10.0. The van der Waals surface area contributed by atoms with Gasteiger partial charge in [-0.15, -0.1) is 0 Å². The van der Waals surface area contributed by atoms with Crippen LogP contribution in [0.5, 0.6) is 5.75 Å². The summed E-state index contributed by atoms with van der Waals surface area (Å²) in [7, 11) is 5.68. The fourth-order valence-corrected chi connectivity index (χ4v) is 2.27. The zero-order valence-corrected chi connectivity index (χ0v) is 11.5. The number of hydrogen-bond donors (Lipinski definition) is 0. The number of anilines is 1. The van der Waals surface area contributed by atoms with Crippen molar-refractivity contribution in [3.8, 4) is 16.9 Å². The summed E-state index contributed by atoms with van der Waals surface area (Å²) in [6, 6.07) is 13.8. The van der Waals surface area contributed by atoms with Gasteiger partial charge in [-0.2, -0.15) is 0 Å². The second kappa shape index (κ2) is 5.32. The molecule has 94 valence electrons. The van der Waals surface area contributed by atoms with Crippen LogP contribution in [0.4, 0.5) is 5.69 Å². The molecule has 0 amide bonds. The predicted molar refractivity (Wildman–Crippen MR) is 77.8 cm³/mol. The average molecular weight is 262 g/mol. The van der Waals surface area contributed by atoms with Crippen molar-refractivity contribution >= 4 is 17.3 Å². The summed E-state index contributed by atoms with van der Waals surface area (Å²) in [4.78, 5) is 2.05. The normalized spacial score (nSPS) is 10.2. The average Bonchev–Trinajstić information content (AvgIpc) is 2.38. The summed E-state index contributed by atoms with van der Waals surface area (Å²) in [6.07, 6.45) is 0. The van der Waals surface area contributed by atoms with E-state index in [2.05, 4.69) is 0 Å². The van der Waals surface area contributed by atoms with Crippen LogP contribution in [0.25, 0.3) is 11.1 Å². The number of para-hydroxylation sites is 1. The maximum Gasteiger partial charge on any atom is 0.126 e. The van der Waals surface area contributed by atoms with Crippen LogP contribution in [-0.2, 0) is 0 Å². The van der Waals surface area contributed by atoms with Gasteiger partial charge in [-0.3, -0.25) is 0 Å². The van der Waals surface area contributed by atoms with Crippen LogP contribution in [0.1, 0.15) is 0 Å². The van der Waals surface area contributed by atoms with Crippen molar-refractivity contribution in [2.24, 2.45) is 0 Å². The van der Waals surface area contributed by atoms with E-state index in [0.717, 1.165) is 27.6 Å². The van der Waals surface area contributed by atoms with E-state index in [4.69, 9.17) is 16.3 Å². The molecule has 0 aromatic heterocycles. The maximum absolute atomic E-state index is 6.35. The summed E-state index contributed by atoms with van der Waals surface area (Å²) in [5.41, 5.74) is 3.09. The Labute approximate surface area is 113 Å². The highest BCUT2D eigenvalue weighted by molar-refractivity contribution is 6.34. The van der Waals surface area contributed by atoms with Gasteiger partial charge in [-0.1, -0.05) is 35.9 Å².